The van der Waals surface area contributed by atoms with Crippen LogP contribution in [0.15, 0.2) is 24.2 Å². The highest BCUT2D eigenvalue weighted by atomic mass is 32.1. The third kappa shape index (κ3) is 2.40. The number of hydrogen-bond donors (Lipinski definition) is 2. The smallest absolute Gasteiger partial charge is 0.265 e. The quantitative estimate of drug-likeness (QED) is 0.751. The molecule has 3 aromatic heterocycles. The summed E-state index contributed by atoms with van der Waals surface area (Å²) in [6, 6.07) is 0. The highest BCUT2D eigenvalue weighted by molar-refractivity contribution is 7.13. The van der Waals surface area contributed by atoms with Gasteiger partial charge in [-0.15, -0.1) is 11.3 Å². The number of fused-ring (bicyclic) bond motifs is 1. The topological polar surface area (TPSA) is 99.7 Å². The normalized spacial score (nSPS) is 21.0. The van der Waals surface area contributed by atoms with Gasteiger partial charge in [-0.05, 0) is 0 Å². The molecule has 1 atom stereocenters. The summed E-state index contributed by atoms with van der Waals surface area (Å²) in [6.45, 7) is 0.308. The summed E-state index contributed by atoms with van der Waals surface area (Å²) in [5.74, 6) is -0.126. The van der Waals surface area contributed by atoms with Gasteiger partial charge in [-0.3, -0.25) is 10.1 Å². The average molecular weight is 333 g/mol. The number of nitrogens with zero attached hydrogens (tertiary/aromatic N) is 5. The maximum Gasteiger partial charge on any atom is 0.265 e. The van der Waals surface area contributed by atoms with Crippen LogP contribution < -0.4 is 10.2 Å². The van der Waals surface area contributed by atoms with Crippen molar-refractivity contribution in [1.82, 2.24) is 24.9 Å². The third-order valence-electron chi connectivity index (χ3n) is 3.78. The first kappa shape index (κ1) is 14.0. The first-order chi connectivity index (χ1) is 11.2. The molecule has 0 aliphatic carbocycles. The molecular formula is C13H12FN7OS. The van der Waals surface area contributed by atoms with Crippen LogP contribution in [-0.2, 0) is 4.79 Å². The molecule has 1 aliphatic heterocycles. The molecule has 0 saturated carbocycles. The number of aromatic nitrogens is 5. The molecule has 1 fully saturated rings. The Morgan fingerprint density at radius 1 is 1.39 bits per heavy atom. The summed E-state index contributed by atoms with van der Waals surface area (Å²) in [5.41, 5.74) is -0.834. The van der Waals surface area contributed by atoms with E-state index in [0.29, 0.717) is 28.7 Å². The zero-order valence-electron chi connectivity index (χ0n) is 11.9. The van der Waals surface area contributed by atoms with Gasteiger partial charge in [0.25, 0.3) is 5.91 Å². The molecule has 10 heteroatoms. The lowest BCUT2D eigenvalue weighted by molar-refractivity contribution is -0.126. The first-order valence-electron chi connectivity index (χ1n) is 6.95. The van der Waals surface area contributed by atoms with Crippen LogP contribution in [0.3, 0.4) is 0 Å². The number of aromatic amines is 1. The van der Waals surface area contributed by atoms with Crippen LogP contribution >= 0.6 is 11.3 Å². The fourth-order valence-electron chi connectivity index (χ4n) is 2.63. The Kier molecular flexibility index (Phi) is 3.18. The number of rotatable bonds is 3. The molecule has 23 heavy (non-hydrogen) atoms. The van der Waals surface area contributed by atoms with Gasteiger partial charge in [-0.1, -0.05) is 0 Å². The molecule has 3 aromatic rings. The summed E-state index contributed by atoms with van der Waals surface area (Å²) in [4.78, 5) is 33.1. The van der Waals surface area contributed by atoms with Gasteiger partial charge in [0.1, 0.15) is 11.8 Å². The molecule has 2 N–H and O–H groups in total. The molecule has 118 valence electrons. The van der Waals surface area contributed by atoms with Crippen LogP contribution in [0, 0.1) is 0 Å². The second-order valence-corrected chi connectivity index (χ2v) is 6.12. The average Bonchev–Trinajstić information content (AvgIpc) is 3.26. The van der Waals surface area contributed by atoms with Crippen molar-refractivity contribution in [1.29, 1.82) is 0 Å². The maximum atomic E-state index is 15.0. The number of anilines is 2. The predicted octanol–water partition coefficient (Wildman–Crippen LogP) is 1.37. The highest BCUT2D eigenvalue weighted by Crippen LogP contribution is 2.32. The summed E-state index contributed by atoms with van der Waals surface area (Å²) in [5, 5.41) is 4.63. The second-order valence-electron chi connectivity index (χ2n) is 5.23. The Balaban J connectivity index is 1.56. The van der Waals surface area contributed by atoms with Crippen LogP contribution in [0.5, 0.6) is 0 Å². The van der Waals surface area contributed by atoms with Crippen molar-refractivity contribution in [2.24, 2.45) is 0 Å². The van der Waals surface area contributed by atoms with Crippen LogP contribution in [-0.4, -0.2) is 49.6 Å². The fourth-order valence-corrected chi connectivity index (χ4v) is 3.15. The van der Waals surface area contributed by atoms with Crippen molar-refractivity contribution in [3.8, 4) is 0 Å². The highest BCUT2D eigenvalue weighted by Gasteiger charge is 2.46. The molecule has 0 aromatic carbocycles. The lowest BCUT2D eigenvalue weighted by atomic mass is 10.1. The number of hydrogen-bond acceptors (Lipinski definition) is 7. The fraction of sp³-hybridized carbons (Fsp3) is 0.308. The van der Waals surface area contributed by atoms with Crippen molar-refractivity contribution in [3.63, 3.8) is 0 Å². The van der Waals surface area contributed by atoms with Crippen molar-refractivity contribution < 1.29 is 9.18 Å². The Morgan fingerprint density at radius 2 is 2.30 bits per heavy atom. The molecule has 1 unspecified atom stereocenters. The summed E-state index contributed by atoms with van der Waals surface area (Å²) in [6.07, 6.45) is 4.54. The van der Waals surface area contributed by atoms with Gasteiger partial charge in [0, 0.05) is 24.5 Å². The molecule has 0 radical (unpaired) electrons. The predicted molar refractivity (Wildman–Crippen MR) is 83.1 cm³/mol. The van der Waals surface area contributed by atoms with Gasteiger partial charge >= 0.3 is 0 Å². The van der Waals surface area contributed by atoms with Crippen LogP contribution in [0.25, 0.3) is 11.2 Å². The van der Waals surface area contributed by atoms with E-state index in [9.17, 15) is 4.79 Å². The lowest BCUT2D eigenvalue weighted by Gasteiger charge is -2.20. The number of carbonyl (C=O) groups excluding carboxylic acids is 1. The first-order valence-corrected chi connectivity index (χ1v) is 7.82. The molecule has 8 nitrogen and oxygen atoms in total. The third-order valence-corrected chi connectivity index (χ3v) is 4.47. The Bertz CT molecular complexity index is 851. The standard InChI is InChI=1S/C13H12FN7OS/c14-13(11(22)20-12-15-2-4-23-12)1-3-21(5-13)10-8-9(17-6-16-8)18-7-19-10/h2,4,6-7H,1,3,5H2,(H,15,20,22)(H,16,17,18,19). The van der Waals surface area contributed by atoms with Crippen LogP contribution in [0.2, 0.25) is 0 Å². The molecule has 0 spiro atoms. The van der Waals surface area contributed by atoms with Crippen molar-refractivity contribution in [2.45, 2.75) is 12.1 Å². The Morgan fingerprint density at radius 3 is 3.13 bits per heavy atom. The van der Waals surface area contributed by atoms with E-state index < -0.39 is 11.6 Å². The molecule has 4 heterocycles. The van der Waals surface area contributed by atoms with E-state index >= 15 is 4.39 Å². The van der Waals surface area contributed by atoms with Crippen LogP contribution in [0.4, 0.5) is 15.3 Å². The molecule has 4 rings (SSSR count). The molecule has 0 bridgehead atoms. The van der Waals surface area contributed by atoms with E-state index in [1.807, 2.05) is 0 Å². The lowest BCUT2D eigenvalue weighted by Crippen LogP contribution is -2.41. The van der Waals surface area contributed by atoms with E-state index in [0.717, 1.165) is 0 Å². The van der Waals surface area contributed by atoms with Gasteiger partial charge in [0.2, 0.25) is 5.67 Å². The van der Waals surface area contributed by atoms with Crippen LogP contribution in [0.1, 0.15) is 6.42 Å². The van der Waals surface area contributed by atoms with Gasteiger partial charge in [-0.2, -0.15) is 0 Å². The summed E-state index contributed by atoms with van der Waals surface area (Å²) in [7, 11) is 0. The number of thiazole rings is 1. The maximum absolute atomic E-state index is 15.0. The van der Waals surface area contributed by atoms with Crippen molar-refractivity contribution >= 4 is 39.4 Å². The number of halogens is 1. The minimum atomic E-state index is -1.98. The number of nitrogens with one attached hydrogen (secondary N) is 2. The zero-order chi connectivity index (χ0) is 15.9. The van der Waals surface area contributed by atoms with Gasteiger partial charge in [0.05, 0.1) is 12.9 Å². The van der Waals surface area contributed by atoms with E-state index in [2.05, 4.69) is 30.2 Å². The molecular weight excluding hydrogens is 321 g/mol. The van der Waals surface area contributed by atoms with Crippen molar-refractivity contribution in [3.05, 3.63) is 24.2 Å². The number of alkyl halides is 1. The van der Waals surface area contributed by atoms with Gasteiger partial charge < -0.3 is 9.88 Å². The molecule has 1 saturated heterocycles. The largest absolute Gasteiger partial charge is 0.351 e. The number of H-pyrrole nitrogens is 1. The zero-order valence-corrected chi connectivity index (χ0v) is 12.7. The van der Waals surface area contributed by atoms with E-state index in [1.165, 1.54) is 24.0 Å². The summed E-state index contributed by atoms with van der Waals surface area (Å²) < 4.78 is 15.0. The monoisotopic (exact) mass is 333 g/mol. The number of carbonyl (C=O) groups is 1. The van der Waals surface area contributed by atoms with E-state index in [-0.39, 0.29) is 13.0 Å². The Hall–Kier alpha value is -2.62. The van der Waals surface area contributed by atoms with E-state index in [1.54, 1.807) is 16.5 Å². The summed E-state index contributed by atoms with van der Waals surface area (Å²) >= 11 is 1.25. The van der Waals surface area contributed by atoms with Gasteiger partial charge in [0.15, 0.2) is 16.6 Å². The number of amides is 1. The minimum absolute atomic E-state index is 0.0741. The molecule has 1 aliphatic rings. The SMILES string of the molecule is O=C(Nc1nccs1)C1(F)CCN(c2ncnc3nc[nH]c23)C1. The Labute approximate surface area is 133 Å². The number of imidazole rings is 1. The van der Waals surface area contributed by atoms with E-state index in [4.69, 9.17) is 0 Å². The second kappa shape index (κ2) is 5.23. The molecule has 1 amide bonds. The minimum Gasteiger partial charge on any atom is -0.351 e. The van der Waals surface area contributed by atoms with Crippen molar-refractivity contribution in [2.75, 3.05) is 23.3 Å². The van der Waals surface area contributed by atoms with Gasteiger partial charge in [-0.25, -0.2) is 24.3 Å².